The van der Waals surface area contributed by atoms with E-state index in [0.29, 0.717) is 26.8 Å². The molecule has 0 bridgehead atoms. The molecule has 1 amide bonds. The fourth-order valence-electron chi connectivity index (χ4n) is 0.966. The van der Waals surface area contributed by atoms with Gasteiger partial charge in [-0.2, -0.15) is 0 Å². The van der Waals surface area contributed by atoms with Crippen molar-refractivity contribution in [2.24, 2.45) is 5.73 Å². The van der Waals surface area contributed by atoms with Crippen molar-refractivity contribution in [1.82, 2.24) is 0 Å². The lowest BCUT2D eigenvalue weighted by Gasteiger charge is -2.08. The summed E-state index contributed by atoms with van der Waals surface area (Å²) in [5.41, 5.74) is 5.74. The second kappa shape index (κ2) is 5.70. The fraction of sp³-hybridized carbons (Fsp3) is 0.222. The van der Waals surface area contributed by atoms with Gasteiger partial charge in [0.05, 0.1) is 15.7 Å². The van der Waals surface area contributed by atoms with E-state index in [2.05, 4.69) is 21.2 Å². The number of nitrogens with two attached hydrogens (primary N) is 1. The number of amides is 1. The Morgan fingerprint density at radius 3 is 2.67 bits per heavy atom. The van der Waals surface area contributed by atoms with Gasteiger partial charge in [-0.3, -0.25) is 4.79 Å². The first kappa shape index (κ1) is 12.8. The molecule has 1 aromatic rings. The summed E-state index contributed by atoms with van der Waals surface area (Å²) in [5, 5.41) is 3.32. The van der Waals surface area contributed by atoms with E-state index in [1.807, 2.05) is 0 Å². The normalized spacial score (nSPS) is 10.1. The third-order valence-corrected chi connectivity index (χ3v) is 3.45. The van der Waals surface area contributed by atoms with Crippen molar-refractivity contribution in [2.75, 3.05) is 11.9 Å². The van der Waals surface area contributed by atoms with E-state index in [-0.39, 0.29) is 12.3 Å². The molecule has 15 heavy (non-hydrogen) atoms. The Bertz CT molecular complexity index is 385. The summed E-state index contributed by atoms with van der Waals surface area (Å²) >= 11 is 15.1. The average molecular weight is 312 g/mol. The zero-order chi connectivity index (χ0) is 11.4. The molecule has 1 rings (SSSR count). The number of carbonyl (C=O) groups excluding carboxylic acids is 1. The molecule has 82 valence electrons. The van der Waals surface area contributed by atoms with Crippen LogP contribution in [0.2, 0.25) is 10.0 Å². The van der Waals surface area contributed by atoms with Crippen LogP contribution in [0.1, 0.15) is 6.42 Å². The van der Waals surface area contributed by atoms with Gasteiger partial charge in [0.2, 0.25) is 5.91 Å². The van der Waals surface area contributed by atoms with Gasteiger partial charge in [-0.1, -0.05) is 23.2 Å². The predicted octanol–water partition coefficient (Wildman–Crippen LogP) is 3.04. The van der Waals surface area contributed by atoms with E-state index in [1.165, 1.54) is 0 Å². The van der Waals surface area contributed by atoms with Crippen molar-refractivity contribution in [3.63, 3.8) is 0 Å². The number of hydrogen-bond acceptors (Lipinski definition) is 2. The summed E-state index contributed by atoms with van der Waals surface area (Å²) < 4.78 is 0.686. The van der Waals surface area contributed by atoms with Crippen LogP contribution in [0.5, 0.6) is 0 Å². The van der Waals surface area contributed by atoms with Crippen LogP contribution in [0.15, 0.2) is 16.6 Å². The topological polar surface area (TPSA) is 55.1 Å². The Kier molecular flexibility index (Phi) is 4.86. The van der Waals surface area contributed by atoms with E-state index < -0.39 is 0 Å². The van der Waals surface area contributed by atoms with Gasteiger partial charge >= 0.3 is 0 Å². The quantitative estimate of drug-likeness (QED) is 0.843. The van der Waals surface area contributed by atoms with Crippen LogP contribution in [0.4, 0.5) is 5.69 Å². The minimum atomic E-state index is -0.183. The second-order valence-electron chi connectivity index (χ2n) is 2.81. The molecule has 0 aliphatic heterocycles. The van der Waals surface area contributed by atoms with Crippen molar-refractivity contribution in [3.8, 4) is 0 Å². The molecule has 0 aliphatic rings. The Morgan fingerprint density at radius 1 is 1.40 bits per heavy atom. The van der Waals surface area contributed by atoms with Gasteiger partial charge in [-0.05, 0) is 28.1 Å². The summed E-state index contributed by atoms with van der Waals surface area (Å²) in [6.07, 6.45) is 0.254. The number of carbonyl (C=O) groups is 1. The minimum Gasteiger partial charge on any atom is -0.330 e. The molecule has 0 aliphatic carbocycles. The van der Waals surface area contributed by atoms with Crippen molar-refractivity contribution in [3.05, 3.63) is 26.7 Å². The summed E-state index contributed by atoms with van der Waals surface area (Å²) in [6.45, 7) is 0.299. The molecule has 0 aromatic heterocycles. The highest BCUT2D eigenvalue weighted by Gasteiger charge is 2.10. The molecule has 0 fully saturated rings. The highest BCUT2D eigenvalue weighted by Crippen LogP contribution is 2.35. The smallest absolute Gasteiger partial charge is 0.225 e. The van der Waals surface area contributed by atoms with Gasteiger partial charge in [0.1, 0.15) is 0 Å². The third kappa shape index (κ3) is 3.34. The highest BCUT2D eigenvalue weighted by atomic mass is 79.9. The molecular formula is C9H9BrCl2N2O. The zero-order valence-electron chi connectivity index (χ0n) is 7.69. The maximum atomic E-state index is 11.3. The lowest BCUT2D eigenvalue weighted by atomic mass is 10.3. The average Bonchev–Trinajstić information content (AvgIpc) is 2.20. The molecule has 0 atom stereocenters. The zero-order valence-corrected chi connectivity index (χ0v) is 10.8. The van der Waals surface area contributed by atoms with Crippen molar-refractivity contribution < 1.29 is 4.79 Å². The first-order valence-electron chi connectivity index (χ1n) is 4.19. The molecule has 0 saturated carbocycles. The number of nitrogens with one attached hydrogen (secondary N) is 1. The molecule has 3 nitrogen and oxygen atoms in total. The number of hydrogen-bond donors (Lipinski definition) is 2. The summed E-state index contributed by atoms with van der Waals surface area (Å²) in [4.78, 5) is 11.3. The van der Waals surface area contributed by atoms with Crippen LogP contribution in [0, 0.1) is 0 Å². The van der Waals surface area contributed by atoms with Gasteiger partial charge in [0, 0.05) is 17.4 Å². The minimum absolute atomic E-state index is 0.183. The van der Waals surface area contributed by atoms with E-state index in [1.54, 1.807) is 12.1 Å². The lowest BCUT2D eigenvalue weighted by Crippen LogP contribution is -2.16. The van der Waals surface area contributed by atoms with E-state index in [9.17, 15) is 4.79 Å². The molecule has 0 saturated heterocycles. The summed E-state index contributed by atoms with van der Waals surface area (Å²) in [5.74, 6) is -0.183. The van der Waals surface area contributed by atoms with E-state index in [0.717, 1.165) is 0 Å². The SMILES string of the molecule is NCCC(=O)Nc1ccc(Br)c(Cl)c1Cl. The Morgan fingerprint density at radius 2 is 2.07 bits per heavy atom. The van der Waals surface area contributed by atoms with Gasteiger partial charge in [0.25, 0.3) is 0 Å². The third-order valence-electron chi connectivity index (χ3n) is 1.68. The van der Waals surface area contributed by atoms with Crippen molar-refractivity contribution in [2.45, 2.75) is 6.42 Å². The summed E-state index contributed by atoms with van der Waals surface area (Å²) in [7, 11) is 0. The number of anilines is 1. The van der Waals surface area contributed by atoms with E-state index in [4.69, 9.17) is 28.9 Å². The van der Waals surface area contributed by atoms with Crippen LogP contribution in [0.3, 0.4) is 0 Å². The van der Waals surface area contributed by atoms with Gasteiger partial charge in [0.15, 0.2) is 0 Å². The first-order chi connectivity index (χ1) is 7.06. The molecular weight excluding hydrogens is 303 g/mol. The van der Waals surface area contributed by atoms with Gasteiger partial charge in [-0.25, -0.2) is 0 Å². The molecule has 0 radical (unpaired) electrons. The lowest BCUT2D eigenvalue weighted by molar-refractivity contribution is -0.116. The van der Waals surface area contributed by atoms with Crippen LogP contribution in [-0.4, -0.2) is 12.5 Å². The molecule has 0 spiro atoms. The Balaban J connectivity index is 2.87. The van der Waals surface area contributed by atoms with E-state index >= 15 is 0 Å². The van der Waals surface area contributed by atoms with Crippen molar-refractivity contribution in [1.29, 1.82) is 0 Å². The van der Waals surface area contributed by atoms with Gasteiger partial charge in [-0.15, -0.1) is 0 Å². The maximum absolute atomic E-state index is 11.3. The number of benzene rings is 1. The summed E-state index contributed by atoms with van der Waals surface area (Å²) in [6, 6.07) is 3.39. The van der Waals surface area contributed by atoms with Gasteiger partial charge < -0.3 is 11.1 Å². The predicted molar refractivity (Wildman–Crippen MR) is 66.5 cm³/mol. The van der Waals surface area contributed by atoms with Crippen LogP contribution < -0.4 is 11.1 Å². The Hall–Kier alpha value is -0.290. The number of halogens is 3. The maximum Gasteiger partial charge on any atom is 0.225 e. The van der Waals surface area contributed by atoms with Crippen molar-refractivity contribution >= 4 is 50.7 Å². The molecule has 0 unspecified atom stereocenters. The van der Waals surface area contributed by atoms with Crippen LogP contribution >= 0.6 is 39.1 Å². The molecule has 1 aromatic carbocycles. The van der Waals surface area contributed by atoms with Crippen LogP contribution in [-0.2, 0) is 4.79 Å². The van der Waals surface area contributed by atoms with Crippen LogP contribution in [0.25, 0.3) is 0 Å². The molecule has 3 N–H and O–H groups in total. The second-order valence-corrected chi connectivity index (χ2v) is 4.42. The Labute approximate surface area is 106 Å². The molecule has 6 heteroatoms. The standard InChI is InChI=1S/C9H9BrCl2N2O/c10-5-1-2-6(9(12)8(5)11)14-7(15)3-4-13/h1-2H,3-4,13H2,(H,14,15). The molecule has 0 heterocycles. The highest BCUT2D eigenvalue weighted by molar-refractivity contribution is 9.10. The largest absolute Gasteiger partial charge is 0.330 e. The monoisotopic (exact) mass is 310 g/mol. The fourth-order valence-corrected chi connectivity index (χ4v) is 1.79. The first-order valence-corrected chi connectivity index (χ1v) is 5.74. The number of rotatable bonds is 3.